The van der Waals surface area contributed by atoms with Crippen molar-refractivity contribution in [2.45, 2.75) is 30.9 Å². The number of ether oxygens (including phenoxy) is 1. The Labute approximate surface area is 210 Å². The number of rotatable bonds is 3. The van der Waals surface area contributed by atoms with Crippen LogP contribution in [0, 0.1) is 0 Å². The van der Waals surface area contributed by atoms with E-state index in [2.05, 4.69) is 19.9 Å². The van der Waals surface area contributed by atoms with Gasteiger partial charge < -0.3 is 19.8 Å². The third-order valence-corrected chi connectivity index (χ3v) is 5.10. The molecular weight excluding hydrogens is 532 g/mol. The summed E-state index contributed by atoms with van der Waals surface area (Å²) in [5, 5.41) is 14.2. The van der Waals surface area contributed by atoms with E-state index in [9.17, 15) is 31.1 Å². The van der Waals surface area contributed by atoms with Crippen molar-refractivity contribution in [3.05, 3.63) is 48.8 Å². The molecule has 0 radical (unpaired) electrons. The minimum absolute atomic E-state index is 0.0589. The fourth-order valence-electron chi connectivity index (χ4n) is 3.48. The van der Waals surface area contributed by atoms with Crippen molar-refractivity contribution in [1.29, 1.82) is 0 Å². The van der Waals surface area contributed by atoms with Gasteiger partial charge in [-0.1, -0.05) is 0 Å². The summed E-state index contributed by atoms with van der Waals surface area (Å²) in [4.78, 5) is 46.7. The van der Waals surface area contributed by atoms with Crippen molar-refractivity contribution in [2.75, 3.05) is 26.2 Å². The van der Waals surface area contributed by atoms with E-state index in [0.717, 1.165) is 32.6 Å². The van der Waals surface area contributed by atoms with Crippen molar-refractivity contribution in [3.8, 4) is 5.75 Å². The van der Waals surface area contributed by atoms with Crippen molar-refractivity contribution in [2.24, 2.45) is 0 Å². The fraction of sp³-hybridized carbons (Fsp3) is 0.429. The number of carbonyl (C=O) groups is 3. The Kier molecular flexibility index (Phi) is 10.3. The molecular formula is C21H21F6N5O6. The molecule has 38 heavy (non-hydrogen) atoms. The molecule has 0 aromatic carbocycles. The zero-order valence-electron chi connectivity index (χ0n) is 19.3. The number of aliphatic carboxylic acids is 2. The minimum Gasteiger partial charge on any atom is -0.486 e. The highest BCUT2D eigenvalue weighted by atomic mass is 19.4. The van der Waals surface area contributed by atoms with Crippen molar-refractivity contribution in [1.82, 2.24) is 24.8 Å². The standard InChI is InChI=1S/C17H19N5O2.2C2HF3O2/c23-17(13-2-1-3-18-7-13)22-5-4-21-11-15(6-14(21)10-22)24-16-8-19-12-20-9-16;2*3-2(4,5)1(6)7/h1-3,7-9,12,14-15H,4-6,10-11H2;2*(H,6,7)/t14-,15+;;/m0../s1. The first-order valence-electron chi connectivity index (χ1n) is 10.6. The van der Waals surface area contributed by atoms with Gasteiger partial charge in [0, 0.05) is 51.0 Å². The maximum absolute atomic E-state index is 12.6. The summed E-state index contributed by atoms with van der Waals surface area (Å²) >= 11 is 0. The maximum Gasteiger partial charge on any atom is 0.490 e. The Balaban J connectivity index is 0.000000301. The summed E-state index contributed by atoms with van der Waals surface area (Å²) in [6.45, 7) is 3.24. The number of alkyl halides is 6. The normalized spacial score (nSPS) is 19.2. The lowest BCUT2D eigenvalue weighted by Crippen LogP contribution is -2.52. The van der Waals surface area contributed by atoms with Gasteiger partial charge in [0.15, 0.2) is 5.75 Å². The van der Waals surface area contributed by atoms with E-state index in [4.69, 9.17) is 24.5 Å². The molecule has 2 aliphatic heterocycles. The summed E-state index contributed by atoms with van der Waals surface area (Å²) in [6.07, 6.45) is -0.968. The number of fused-ring (bicyclic) bond motifs is 1. The largest absolute Gasteiger partial charge is 0.490 e. The molecule has 11 nitrogen and oxygen atoms in total. The second-order valence-electron chi connectivity index (χ2n) is 7.80. The van der Waals surface area contributed by atoms with Crippen LogP contribution in [0.2, 0.25) is 0 Å². The van der Waals surface area contributed by atoms with Crippen LogP contribution in [0.25, 0.3) is 0 Å². The van der Waals surface area contributed by atoms with Gasteiger partial charge in [-0.05, 0) is 12.1 Å². The number of pyridine rings is 1. The quantitative estimate of drug-likeness (QED) is 0.542. The number of carboxylic acid groups (broad SMARTS) is 2. The molecule has 208 valence electrons. The van der Waals surface area contributed by atoms with Gasteiger partial charge in [-0.3, -0.25) is 14.7 Å². The van der Waals surface area contributed by atoms with Gasteiger partial charge in [0.2, 0.25) is 0 Å². The van der Waals surface area contributed by atoms with Crippen LogP contribution in [0.15, 0.2) is 43.2 Å². The van der Waals surface area contributed by atoms with Crippen LogP contribution in [-0.4, -0.2) is 103 Å². The highest BCUT2D eigenvalue weighted by Crippen LogP contribution is 2.26. The first-order chi connectivity index (χ1) is 17.7. The number of hydrogen-bond acceptors (Lipinski definition) is 8. The molecule has 0 saturated carbocycles. The number of nitrogens with zero attached hydrogens (tertiary/aromatic N) is 5. The highest BCUT2D eigenvalue weighted by molar-refractivity contribution is 5.94. The molecule has 0 unspecified atom stereocenters. The fourth-order valence-corrected chi connectivity index (χ4v) is 3.48. The van der Waals surface area contributed by atoms with Crippen molar-refractivity contribution >= 4 is 17.8 Å². The average Bonchev–Trinajstić information content (AvgIpc) is 3.26. The van der Waals surface area contributed by atoms with E-state index in [1.165, 1.54) is 6.33 Å². The van der Waals surface area contributed by atoms with E-state index in [0.29, 0.717) is 17.4 Å². The van der Waals surface area contributed by atoms with E-state index in [-0.39, 0.29) is 12.0 Å². The number of hydrogen-bond donors (Lipinski definition) is 2. The number of aromatic nitrogens is 3. The first-order valence-corrected chi connectivity index (χ1v) is 10.6. The summed E-state index contributed by atoms with van der Waals surface area (Å²) in [7, 11) is 0. The second-order valence-corrected chi connectivity index (χ2v) is 7.80. The number of piperazine rings is 1. The Hall–Kier alpha value is -4.02. The van der Waals surface area contributed by atoms with Gasteiger partial charge in [-0.25, -0.2) is 19.6 Å². The zero-order valence-corrected chi connectivity index (χ0v) is 19.3. The Morgan fingerprint density at radius 2 is 1.47 bits per heavy atom. The van der Waals surface area contributed by atoms with Crippen LogP contribution in [0.5, 0.6) is 5.75 Å². The predicted octanol–water partition coefficient (Wildman–Crippen LogP) is 2.12. The van der Waals surface area contributed by atoms with Crippen LogP contribution in [0.4, 0.5) is 26.3 Å². The van der Waals surface area contributed by atoms with Gasteiger partial charge in [0.25, 0.3) is 5.91 Å². The molecule has 0 spiro atoms. The predicted molar refractivity (Wildman–Crippen MR) is 114 cm³/mol. The highest BCUT2D eigenvalue weighted by Gasteiger charge is 2.39. The molecule has 2 aromatic rings. The molecule has 2 atom stereocenters. The molecule has 17 heteroatoms. The Morgan fingerprint density at radius 1 is 0.895 bits per heavy atom. The summed E-state index contributed by atoms with van der Waals surface area (Å²) in [6, 6.07) is 3.96. The molecule has 2 N–H and O–H groups in total. The van der Waals surface area contributed by atoms with Crippen LogP contribution in [0.1, 0.15) is 16.8 Å². The first kappa shape index (κ1) is 30.2. The Morgan fingerprint density at radius 3 is 1.97 bits per heavy atom. The molecule has 0 aliphatic carbocycles. The lowest BCUT2D eigenvalue weighted by atomic mass is 10.1. The number of carboxylic acids is 2. The van der Waals surface area contributed by atoms with Gasteiger partial charge in [-0.2, -0.15) is 26.3 Å². The number of amides is 1. The van der Waals surface area contributed by atoms with Crippen molar-refractivity contribution in [3.63, 3.8) is 0 Å². The maximum atomic E-state index is 12.6. The minimum atomic E-state index is -5.08. The van der Waals surface area contributed by atoms with E-state index < -0.39 is 24.3 Å². The van der Waals surface area contributed by atoms with Crippen LogP contribution in [-0.2, 0) is 9.59 Å². The zero-order chi connectivity index (χ0) is 28.5. The molecule has 0 bridgehead atoms. The third-order valence-electron chi connectivity index (χ3n) is 5.10. The molecule has 4 rings (SSSR count). The summed E-state index contributed by atoms with van der Waals surface area (Å²) in [5.74, 6) is -4.76. The molecule has 4 heterocycles. The van der Waals surface area contributed by atoms with Gasteiger partial charge in [0.05, 0.1) is 18.0 Å². The number of carbonyl (C=O) groups excluding carboxylic acids is 1. The molecule has 1 amide bonds. The van der Waals surface area contributed by atoms with E-state index in [1.54, 1.807) is 30.9 Å². The van der Waals surface area contributed by atoms with Crippen molar-refractivity contribution < 1.29 is 55.7 Å². The monoisotopic (exact) mass is 553 g/mol. The second kappa shape index (κ2) is 13.0. The van der Waals surface area contributed by atoms with E-state index >= 15 is 0 Å². The topological polar surface area (TPSA) is 146 Å². The molecule has 2 aliphatic rings. The molecule has 2 fully saturated rings. The van der Waals surface area contributed by atoms with Gasteiger partial charge in [-0.15, -0.1) is 0 Å². The van der Waals surface area contributed by atoms with Crippen LogP contribution < -0.4 is 4.74 Å². The van der Waals surface area contributed by atoms with Crippen LogP contribution in [0.3, 0.4) is 0 Å². The average molecular weight is 553 g/mol. The lowest BCUT2D eigenvalue weighted by Gasteiger charge is -2.37. The molecule has 2 saturated heterocycles. The van der Waals surface area contributed by atoms with Crippen LogP contribution >= 0.6 is 0 Å². The van der Waals surface area contributed by atoms with Gasteiger partial charge in [0.1, 0.15) is 12.4 Å². The smallest absolute Gasteiger partial charge is 0.486 e. The van der Waals surface area contributed by atoms with E-state index in [1.807, 2.05) is 11.0 Å². The van der Waals surface area contributed by atoms with Gasteiger partial charge >= 0.3 is 24.3 Å². The lowest BCUT2D eigenvalue weighted by molar-refractivity contribution is -0.193. The number of halogens is 6. The molecule has 2 aromatic heterocycles. The SMILES string of the molecule is O=C(O)C(F)(F)F.O=C(O)C(F)(F)F.O=C(c1cccnc1)N1CCN2C[C@H](Oc3cncnc3)C[C@H]2C1. The third kappa shape index (κ3) is 9.45. The summed E-state index contributed by atoms with van der Waals surface area (Å²) in [5.41, 5.74) is 0.651. The Bertz CT molecular complexity index is 1050. The summed E-state index contributed by atoms with van der Waals surface area (Å²) < 4.78 is 69.4.